The van der Waals surface area contributed by atoms with Crippen LogP contribution in [0.4, 0.5) is 9.59 Å². The molecule has 0 radical (unpaired) electrons. The molecular formula is C19H20N2O4. The third-order valence-electron chi connectivity index (χ3n) is 4.38. The van der Waals surface area contributed by atoms with Crippen molar-refractivity contribution in [3.8, 4) is 0 Å². The largest absolute Gasteiger partial charge is 0.453 e. The Balaban J connectivity index is 2.12. The van der Waals surface area contributed by atoms with Crippen LogP contribution < -0.4 is 0 Å². The summed E-state index contributed by atoms with van der Waals surface area (Å²) in [6, 6.07) is 18.5. The van der Waals surface area contributed by atoms with Gasteiger partial charge in [0.05, 0.1) is 26.3 Å². The molecule has 0 bridgehead atoms. The number of carbonyl (C=O) groups excluding carboxylic acids is 2. The van der Waals surface area contributed by atoms with Crippen molar-refractivity contribution in [1.29, 1.82) is 0 Å². The Morgan fingerprint density at radius 2 is 1.12 bits per heavy atom. The molecule has 2 aromatic carbocycles. The highest BCUT2D eigenvalue weighted by atomic mass is 16.6. The maximum absolute atomic E-state index is 12.4. The first kappa shape index (κ1) is 16.8. The molecule has 2 aromatic rings. The molecule has 6 nitrogen and oxygen atoms in total. The first-order valence-electron chi connectivity index (χ1n) is 7.96. The summed E-state index contributed by atoms with van der Waals surface area (Å²) in [7, 11) is 2.67. The first-order valence-corrected chi connectivity index (χ1v) is 7.96. The van der Waals surface area contributed by atoms with Crippen LogP contribution in [0.2, 0.25) is 0 Å². The molecule has 3 rings (SSSR count). The summed E-state index contributed by atoms with van der Waals surface area (Å²) in [5.74, 6) is 0. The van der Waals surface area contributed by atoms with Gasteiger partial charge in [-0.25, -0.2) is 9.59 Å². The van der Waals surface area contributed by atoms with Gasteiger partial charge in [0, 0.05) is 0 Å². The van der Waals surface area contributed by atoms with E-state index in [1.165, 1.54) is 14.2 Å². The number of rotatable bonds is 2. The van der Waals surface area contributed by atoms with Crippen LogP contribution in [0.5, 0.6) is 0 Å². The predicted molar refractivity (Wildman–Crippen MR) is 91.7 cm³/mol. The molecule has 25 heavy (non-hydrogen) atoms. The first-order chi connectivity index (χ1) is 12.2. The lowest BCUT2D eigenvalue weighted by molar-refractivity contribution is 0.104. The molecular weight excluding hydrogens is 320 g/mol. The summed E-state index contributed by atoms with van der Waals surface area (Å²) in [5, 5.41) is 0. The van der Waals surface area contributed by atoms with Crippen LogP contribution in [0, 0.1) is 0 Å². The Kier molecular flexibility index (Phi) is 4.88. The maximum atomic E-state index is 12.4. The molecule has 1 heterocycles. The zero-order valence-corrected chi connectivity index (χ0v) is 14.2. The molecule has 0 saturated carbocycles. The molecule has 0 aliphatic carbocycles. The Morgan fingerprint density at radius 1 is 0.760 bits per heavy atom. The van der Waals surface area contributed by atoms with Gasteiger partial charge < -0.3 is 9.47 Å². The second kappa shape index (κ2) is 7.25. The number of ether oxygens (including phenoxy) is 2. The quantitative estimate of drug-likeness (QED) is 0.838. The smallest absolute Gasteiger partial charge is 0.411 e. The summed E-state index contributed by atoms with van der Waals surface area (Å²) in [6.45, 7) is 0.0957. The zero-order chi connectivity index (χ0) is 17.8. The fourth-order valence-corrected chi connectivity index (χ4v) is 3.28. The Labute approximate surface area is 146 Å². The molecule has 130 valence electrons. The monoisotopic (exact) mass is 340 g/mol. The number of nitrogens with zero attached hydrogens (tertiary/aromatic N) is 2. The number of methoxy groups -OCH3 is 2. The molecule has 0 N–H and O–H groups in total. The Morgan fingerprint density at radius 3 is 1.44 bits per heavy atom. The minimum Gasteiger partial charge on any atom is -0.453 e. The standard InChI is InChI=1S/C19H20N2O4/c1-24-18(22)20-13-21(19(23)25-2)17(15-11-7-4-8-12-15)16(20)14-9-5-3-6-10-14/h3-12,16-17H,13H2,1-2H3/t16-,17-/m1/s1. The fraction of sp³-hybridized carbons (Fsp3) is 0.263. The van der Waals surface area contributed by atoms with Crippen molar-refractivity contribution in [3.63, 3.8) is 0 Å². The highest BCUT2D eigenvalue weighted by Crippen LogP contribution is 2.44. The molecule has 2 amide bonds. The summed E-state index contributed by atoms with van der Waals surface area (Å²) >= 11 is 0. The van der Waals surface area contributed by atoms with Crippen molar-refractivity contribution < 1.29 is 19.1 Å². The van der Waals surface area contributed by atoms with E-state index in [9.17, 15) is 9.59 Å². The topological polar surface area (TPSA) is 59.1 Å². The van der Waals surface area contributed by atoms with E-state index in [2.05, 4.69) is 0 Å². The van der Waals surface area contributed by atoms with Gasteiger partial charge in [0.1, 0.15) is 6.67 Å². The molecule has 1 fully saturated rings. The molecule has 2 atom stereocenters. The normalized spacial score (nSPS) is 19.6. The summed E-state index contributed by atoms with van der Waals surface area (Å²) in [4.78, 5) is 27.8. The minimum atomic E-state index is -0.485. The van der Waals surface area contributed by atoms with Crippen molar-refractivity contribution >= 4 is 12.2 Å². The lowest BCUT2D eigenvalue weighted by Gasteiger charge is -2.28. The molecule has 6 heteroatoms. The van der Waals surface area contributed by atoms with E-state index in [4.69, 9.17) is 9.47 Å². The molecule has 1 saturated heterocycles. The number of benzene rings is 2. The van der Waals surface area contributed by atoms with Gasteiger partial charge in [-0.15, -0.1) is 0 Å². The van der Waals surface area contributed by atoms with Crippen LogP contribution in [0.15, 0.2) is 60.7 Å². The van der Waals surface area contributed by atoms with Gasteiger partial charge in [-0.05, 0) is 11.1 Å². The fourth-order valence-electron chi connectivity index (χ4n) is 3.28. The van der Waals surface area contributed by atoms with Gasteiger partial charge in [-0.3, -0.25) is 9.80 Å². The second-order valence-corrected chi connectivity index (χ2v) is 5.73. The van der Waals surface area contributed by atoms with E-state index in [0.717, 1.165) is 11.1 Å². The Bertz CT molecular complexity index is 672. The minimum absolute atomic E-state index is 0.0957. The molecule has 0 aromatic heterocycles. The summed E-state index contributed by atoms with van der Waals surface area (Å²) in [6.07, 6.45) is -0.970. The van der Waals surface area contributed by atoms with Crippen molar-refractivity contribution in [3.05, 3.63) is 71.8 Å². The van der Waals surface area contributed by atoms with Gasteiger partial charge >= 0.3 is 12.2 Å². The van der Waals surface area contributed by atoms with E-state index < -0.39 is 12.2 Å². The second-order valence-electron chi connectivity index (χ2n) is 5.73. The van der Waals surface area contributed by atoms with E-state index in [0.29, 0.717) is 0 Å². The lowest BCUT2D eigenvalue weighted by Crippen LogP contribution is -2.34. The van der Waals surface area contributed by atoms with Crippen LogP contribution in [0.25, 0.3) is 0 Å². The zero-order valence-electron chi connectivity index (χ0n) is 14.2. The number of hydrogen-bond acceptors (Lipinski definition) is 4. The van der Waals surface area contributed by atoms with Crippen LogP contribution in [-0.4, -0.2) is 42.9 Å². The number of amides is 2. The Hall–Kier alpha value is -3.02. The van der Waals surface area contributed by atoms with Gasteiger partial charge in [-0.2, -0.15) is 0 Å². The molecule has 1 aliphatic heterocycles. The van der Waals surface area contributed by atoms with Crippen molar-refractivity contribution in [1.82, 2.24) is 9.80 Å². The van der Waals surface area contributed by atoms with E-state index >= 15 is 0 Å². The van der Waals surface area contributed by atoms with E-state index in [1.54, 1.807) is 9.80 Å². The summed E-state index contributed by atoms with van der Waals surface area (Å²) in [5.41, 5.74) is 1.85. The predicted octanol–water partition coefficient (Wildman–Crippen LogP) is 3.58. The number of hydrogen-bond donors (Lipinski definition) is 0. The van der Waals surface area contributed by atoms with Gasteiger partial charge in [0.2, 0.25) is 0 Å². The highest BCUT2D eigenvalue weighted by Gasteiger charge is 2.47. The highest BCUT2D eigenvalue weighted by molar-refractivity contribution is 5.73. The van der Waals surface area contributed by atoms with Crippen molar-refractivity contribution in [2.24, 2.45) is 0 Å². The van der Waals surface area contributed by atoms with Gasteiger partial charge in [-0.1, -0.05) is 60.7 Å². The van der Waals surface area contributed by atoms with Crippen LogP contribution in [0.1, 0.15) is 23.2 Å². The molecule has 0 spiro atoms. The third-order valence-corrected chi connectivity index (χ3v) is 4.38. The number of carbonyl (C=O) groups is 2. The third kappa shape index (κ3) is 3.15. The average molecular weight is 340 g/mol. The maximum Gasteiger partial charge on any atom is 0.411 e. The van der Waals surface area contributed by atoms with E-state index in [-0.39, 0.29) is 18.8 Å². The summed E-state index contributed by atoms with van der Waals surface area (Å²) < 4.78 is 9.88. The SMILES string of the molecule is COC(=O)N1CN(C(=O)OC)[C@H](c2ccccc2)[C@H]1c1ccccc1. The van der Waals surface area contributed by atoms with Gasteiger partial charge in [0.25, 0.3) is 0 Å². The molecule has 0 unspecified atom stereocenters. The lowest BCUT2D eigenvalue weighted by atomic mass is 9.93. The van der Waals surface area contributed by atoms with Crippen molar-refractivity contribution in [2.75, 3.05) is 20.9 Å². The average Bonchev–Trinajstić information content (AvgIpc) is 3.08. The van der Waals surface area contributed by atoms with Crippen LogP contribution in [-0.2, 0) is 9.47 Å². The van der Waals surface area contributed by atoms with Crippen LogP contribution >= 0.6 is 0 Å². The van der Waals surface area contributed by atoms with Gasteiger partial charge in [0.15, 0.2) is 0 Å². The van der Waals surface area contributed by atoms with Crippen LogP contribution in [0.3, 0.4) is 0 Å². The van der Waals surface area contributed by atoms with Crippen molar-refractivity contribution in [2.45, 2.75) is 12.1 Å². The molecule has 1 aliphatic rings. The van der Waals surface area contributed by atoms with E-state index in [1.807, 2.05) is 60.7 Å².